The van der Waals surface area contributed by atoms with E-state index in [4.69, 9.17) is 11.6 Å². The van der Waals surface area contributed by atoms with Crippen LogP contribution in [0, 0.1) is 0 Å². The van der Waals surface area contributed by atoms with Crippen molar-refractivity contribution < 1.29 is 9.63 Å². The minimum atomic E-state index is -0.306. The van der Waals surface area contributed by atoms with Gasteiger partial charge in [-0.25, -0.2) is 0 Å². The Morgan fingerprint density at radius 3 is 2.75 bits per heavy atom. The van der Waals surface area contributed by atoms with Gasteiger partial charge in [-0.1, -0.05) is 29.4 Å². The molecule has 5 heteroatoms. The maximum Gasteiger partial charge on any atom is 0.273 e. The van der Waals surface area contributed by atoms with Gasteiger partial charge in [-0.05, 0) is 5.56 Å². The molecule has 1 N–H and O–H groups in total. The van der Waals surface area contributed by atoms with Crippen molar-refractivity contribution in [3.63, 3.8) is 0 Å². The van der Waals surface area contributed by atoms with E-state index in [-0.39, 0.29) is 11.6 Å². The normalized spacial score (nSPS) is 11.1. The standard InChI is InChI=1S/C11H13ClN2O2/c1-13-11(15)10(14-16-2)9-6-4-3-5-8(9)7-12/h3-6H,7H2,1-2H3,(H,13,15)/b14-10-. The van der Waals surface area contributed by atoms with Gasteiger partial charge in [0, 0.05) is 18.5 Å². The van der Waals surface area contributed by atoms with Crippen LogP contribution in [0.15, 0.2) is 29.4 Å². The lowest BCUT2D eigenvalue weighted by Gasteiger charge is -2.08. The van der Waals surface area contributed by atoms with Crippen LogP contribution in [-0.4, -0.2) is 25.8 Å². The molecule has 0 heterocycles. The Balaban J connectivity index is 3.21. The fourth-order valence-corrected chi connectivity index (χ4v) is 1.52. The Morgan fingerprint density at radius 1 is 1.50 bits per heavy atom. The molecule has 4 nitrogen and oxygen atoms in total. The van der Waals surface area contributed by atoms with Gasteiger partial charge in [0.05, 0.1) is 0 Å². The highest BCUT2D eigenvalue weighted by Gasteiger charge is 2.16. The number of benzene rings is 1. The first-order valence-electron chi connectivity index (χ1n) is 4.72. The summed E-state index contributed by atoms with van der Waals surface area (Å²) in [5, 5.41) is 6.23. The van der Waals surface area contributed by atoms with Crippen molar-refractivity contribution in [2.45, 2.75) is 5.88 Å². The van der Waals surface area contributed by atoms with E-state index in [0.29, 0.717) is 11.4 Å². The Bertz CT molecular complexity index is 405. The Hall–Kier alpha value is -1.55. The quantitative estimate of drug-likeness (QED) is 0.493. The minimum Gasteiger partial charge on any atom is -0.398 e. The summed E-state index contributed by atoms with van der Waals surface area (Å²) in [6.07, 6.45) is 0. The molecule has 0 unspecified atom stereocenters. The summed E-state index contributed by atoms with van der Waals surface area (Å²) >= 11 is 5.80. The van der Waals surface area contributed by atoms with Gasteiger partial charge in [0.1, 0.15) is 7.11 Å². The van der Waals surface area contributed by atoms with E-state index in [1.807, 2.05) is 18.2 Å². The molecule has 0 spiro atoms. The van der Waals surface area contributed by atoms with Crippen LogP contribution in [0.5, 0.6) is 0 Å². The zero-order valence-electron chi connectivity index (χ0n) is 9.16. The predicted octanol–water partition coefficient (Wildman–Crippen LogP) is 1.52. The second-order valence-corrected chi connectivity index (χ2v) is 3.26. The fourth-order valence-electron chi connectivity index (χ4n) is 1.29. The SMILES string of the molecule is CNC(=O)/C(=N\OC)c1ccccc1CCl. The van der Waals surface area contributed by atoms with E-state index in [2.05, 4.69) is 15.3 Å². The van der Waals surface area contributed by atoms with Crippen LogP contribution in [0.4, 0.5) is 0 Å². The van der Waals surface area contributed by atoms with Gasteiger partial charge in [-0.2, -0.15) is 0 Å². The van der Waals surface area contributed by atoms with Gasteiger partial charge >= 0.3 is 0 Å². The van der Waals surface area contributed by atoms with Crippen LogP contribution < -0.4 is 5.32 Å². The number of amides is 1. The number of oxime groups is 1. The molecule has 0 aliphatic carbocycles. The van der Waals surface area contributed by atoms with E-state index in [0.717, 1.165) is 5.56 Å². The van der Waals surface area contributed by atoms with Gasteiger partial charge in [0.25, 0.3) is 5.91 Å². The maximum absolute atomic E-state index is 11.6. The largest absolute Gasteiger partial charge is 0.398 e. The molecule has 0 bridgehead atoms. The first-order valence-corrected chi connectivity index (χ1v) is 5.25. The van der Waals surface area contributed by atoms with E-state index in [1.54, 1.807) is 6.07 Å². The molecule has 0 fully saturated rings. The molecule has 1 aromatic carbocycles. The lowest BCUT2D eigenvalue weighted by molar-refractivity contribution is -0.114. The Kier molecular flexibility index (Phi) is 4.79. The molecule has 1 aromatic rings. The zero-order valence-corrected chi connectivity index (χ0v) is 9.91. The van der Waals surface area contributed by atoms with Crippen LogP contribution in [0.2, 0.25) is 0 Å². The lowest BCUT2D eigenvalue weighted by Crippen LogP contribution is -2.29. The van der Waals surface area contributed by atoms with Gasteiger partial charge in [0.2, 0.25) is 0 Å². The maximum atomic E-state index is 11.6. The number of likely N-dealkylation sites (N-methyl/N-ethyl adjacent to an activating group) is 1. The smallest absolute Gasteiger partial charge is 0.273 e. The number of halogens is 1. The molecule has 0 aromatic heterocycles. The van der Waals surface area contributed by atoms with Crippen LogP contribution in [0.1, 0.15) is 11.1 Å². The van der Waals surface area contributed by atoms with Gasteiger partial charge < -0.3 is 10.2 Å². The van der Waals surface area contributed by atoms with Gasteiger partial charge in [-0.15, -0.1) is 11.6 Å². The summed E-state index contributed by atoms with van der Waals surface area (Å²) in [5.41, 5.74) is 1.74. The molecule has 0 atom stereocenters. The Morgan fingerprint density at radius 2 is 2.19 bits per heavy atom. The zero-order chi connectivity index (χ0) is 12.0. The molecule has 0 saturated heterocycles. The van der Waals surface area contributed by atoms with Crippen molar-refractivity contribution in [3.8, 4) is 0 Å². The van der Waals surface area contributed by atoms with E-state index in [9.17, 15) is 4.79 Å². The predicted molar refractivity (Wildman–Crippen MR) is 63.6 cm³/mol. The molecule has 1 amide bonds. The third kappa shape index (κ3) is 2.73. The summed E-state index contributed by atoms with van der Waals surface area (Å²) in [5.74, 6) is 0.00928. The number of carbonyl (C=O) groups is 1. The van der Waals surface area contributed by atoms with Crippen molar-refractivity contribution in [3.05, 3.63) is 35.4 Å². The summed E-state index contributed by atoms with van der Waals surface area (Å²) in [4.78, 5) is 16.3. The van der Waals surface area contributed by atoms with Crippen molar-refractivity contribution in [2.75, 3.05) is 14.2 Å². The van der Waals surface area contributed by atoms with Crippen LogP contribution >= 0.6 is 11.6 Å². The third-order valence-electron chi connectivity index (χ3n) is 2.04. The molecular weight excluding hydrogens is 228 g/mol. The van der Waals surface area contributed by atoms with Gasteiger partial charge in [0.15, 0.2) is 5.71 Å². The molecule has 0 saturated carbocycles. The highest BCUT2D eigenvalue weighted by atomic mass is 35.5. The number of alkyl halides is 1. The van der Waals surface area contributed by atoms with Crippen molar-refractivity contribution in [2.24, 2.45) is 5.16 Å². The highest BCUT2D eigenvalue weighted by Crippen LogP contribution is 2.13. The first-order chi connectivity index (χ1) is 7.74. The second-order valence-electron chi connectivity index (χ2n) is 2.99. The van der Waals surface area contributed by atoms with E-state index in [1.165, 1.54) is 14.2 Å². The molecule has 16 heavy (non-hydrogen) atoms. The van der Waals surface area contributed by atoms with Crippen LogP contribution in [-0.2, 0) is 15.5 Å². The molecular formula is C11H13ClN2O2. The molecule has 0 aliphatic rings. The Labute approximate surface area is 99.2 Å². The summed E-state index contributed by atoms with van der Waals surface area (Å²) in [6, 6.07) is 7.30. The van der Waals surface area contributed by atoms with Gasteiger partial charge in [-0.3, -0.25) is 4.79 Å². The number of rotatable bonds is 4. The average Bonchev–Trinajstić information content (AvgIpc) is 2.35. The monoisotopic (exact) mass is 240 g/mol. The number of nitrogens with zero attached hydrogens (tertiary/aromatic N) is 1. The third-order valence-corrected chi connectivity index (χ3v) is 2.33. The minimum absolute atomic E-state index is 0.223. The number of hydrogen-bond donors (Lipinski definition) is 1. The van der Waals surface area contributed by atoms with E-state index >= 15 is 0 Å². The molecule has 1 rings (SSSR count). The van der Waals surface area contributed by atoms with Crippen LogP contribution in [0.25, 0.3) is 0 Å². The number of carbonyl (C=O) groups excluding carboxylic acids is 1. The molecule has 0 radical (unpaired) electrons. The van der Waals surface area contributed by atoms with Crippen molar-refractivity contribution in [1.29, 1.82) is 0 Å². The summed E-state index contributed by atoms with van der Waals surface area (Å²) in [7, 11) is 2.93. The highest BCUT2D eigenvalue weighted by molar-refractivity contribution is 6.45. The number of nitrogens with one attached hydrogen (secondary N) is 1. The summed E-state index contributed by atoms with van der Waals surface area (Å²) in [6.45, 7) is 0. The second kappa shape index (κ2) is 6.12. The number of hydrogen-bond acceptors (Lipinski definition) is 3. The summed E-state index contributed by atoms with van der Waals surface area (Å²) < 4.78 is 0. The first kappa shape index (κ1) is 12.5. The molecule has 86 valence electrons. The van der Waals surface area contributed by atoms with Crippen molar-refractivity contribution >= 4 is 23.2 Å². The molecule has 0 aliphatic heterocycles. The lowest BCUT2D eigenvalue weighted by atomic mass is 10.0. The van der Waals surface area contributed by atoms with Crippen LogP contribution in [0.3, 0.4) is 0 Å². The topological polar surface area (TPSA) is 50.7 Å². The van der Waals surface area contributed by atoms with E-state index < -0.39 is 0 Å². The average molecular weight is 241 g/mol. The van der Waals surface area contributed by atoms with Crippen molar-refractivity contribution in [1.82, 2.24) is 5.32 Å². The fraction of sp³-hybridized carbons (Fsp3) is 0.273.